The lowest BCUT2D eigenvalue weighted by atomic mass is 9.86. The lowest BCUT2D eigenvalue weighted by molar-refractivity contribution is -0.120. The Morgan fingerprint density at radius 1 is 0.971 bits per heavy atom. The van der Waals surface area contributed by atoms with E-state index in [9.17, 15) is 13.2 Å². The molecule has 0 saturated heterocycles. The fraction of sp³-hybridized carbons (Fsp3) is 0.321. The second-order valence-corrected chi connectivity index (χ2v) is 11.6. The van der Waals surface area contributed by atoms with Crippen molar-refractivity contribution in [3.05, 3.63) is 77.4 Å². The smallest absolute Gasteiger partial charge is 0.242 e. The van der Waals surface area contributed by atoms with Gasteiger partial charge >= 0.3 is 0 Å². The Balaban J connectivity index is 1.45. The van der Waals surface area contributed by atoms with Crippen LogP contribution in [-0.4, -0.2) is 39.4 Å². The van der Waals surface area contributed by atoms with Gasteiger partial charge in [-0.15, -0.1) is 0 Å². The monoisotopic (exact) mass is 491 g/mol. The molecule has 1 aliphatic heterocycles. The zero-order valence-electron chi connectivity index (χ0n) is 20.2. The van der Waals surface area contributed by atoms with Gasteiger partial charge in [0.1, 0.15) is 5.78 Å². The molecule has 35 heavy (non-hydrogen) atoms. The number of carbonyl (C=O) groups excluding carboxylic acids is 1. The van der Waals surface area contributed by atoms with Crippen LogP contribution in [0.5, 0.6) is 11.5 Å². The van der Waals surface area contributed by atoms with Crippen LogP contribution in [0.3, 0.4) is 0 Å². The number of fused-ring (bicyclic) bond motifs is 1. The summed E-state index contributed by atoms with van der Waals surface area (Å²) >= 11 is 0. The van der Waals surface area contributed by atoms with Crippen molar-refractivity contribution in [2.75, 3.05) is 20.9 Å². The van der Waals surface area contributed by atoms with Crippen LogP contribution in [0.4, 0.5) is 0 Å². The first kappa shape index (κ1) is 23.6. The van der Waals surface area contributed by atoms with Crippen LogP contribution in [0.2, 0.25) is 0 Å². The molecule has 0 N–H and O–H groups in total. The van der Waals surface area contributed by atoms with Gasteiger partial charge in [0.25, 0.3) is 0 Å². The number of rotatable bonds is 8. The first-order valence-corrected chi connectivity index (χ1v) is 13.3. The number of Topliss-reactive ketones (excluding diaryl/α,β-unsaturated/α-hetero) is 1. The Labute approximate surface area is 206 Å². The van der Waals surface area contributed by atoms with Crippen LogP contribution in [0, 0.1) is 0 Å². The summed E-state index contributed by atoms with van der Waals surface area (Å²) in [6.45, 7) is 2.28. The van der Waals surface area contributed by atoms with E-state index in [1.54, 1.807) is 18.2 Å². The van der Waals surface area contributed by atoms with E-state index in [0.29, 0.717) is 12.2 Å². The third-order valence-corrected chi connectivity index (χ3v) is 8.86. The van der Waals surface area contributed by atoms with Gasteiger partial charge in [0, 0.05) is 20.5 Å². The van der Waals surface area contributed by atoms with Crippen LogP contribution in [0.15, 0.2) is 65.6 Å². The van der Waals surface area contributed by atoms with Crippen molar-refractivity contribution in [2.24, 2.45) is 0 Å². The second-order valence-electron chi connectivity index (χ2n) is 9.41. The second kappa shape index (κ2) is 8.81. The number of hydrogen-bond donors (Lipinski definition) is 0. The van der Waals surface area contributed by atoms with Gasteiger partial charge in [0.2, 0.25) is 16.8 Å². The number of sulfonamides is 1. The maximum atomic E-state index is 13.5. The van der Waals surface area contributed by atoms with Gasteiger partial charge in [-0.1, -0.05) is 43.3 Å². The number of aryl methyl sites for hydroxylation is 1. The molecular formula is C28H29NO5S. The topological polar surface area (TPSA) is 72.9 Å². The zero-order chi connectivity index (χ0) is 24.8. The largest absolute Gasteiger partial charge is 0.454 e. The molecule has 0 bridgehead atoms. The summed E-state index contributed by atoms with van der Waals surface area (Å²) in [7, 11) is -0.487. The first-order chi connectivity index (χ1) is 16.7. The molecule has 1 aliphatic carbocycles. The van der Waals surface area contributed by atoms with Gasteiger partial charge in [-0.2, -0.15) is 0 Å². The number of ketones is 1. The fourth-order valence-corrected chi connectivity index (χ4v) is 5.70. The predicted octanol–water partition coefficient (Wildman–Crippen LogP) is 4.74. The Morgan fingerprint density at radius 2 is 1.74 bits per heavy atom. The van der Waals surface area contributed by atoms with Crippen molar-refractivity contribution >= 4 is 15.8 Å². The average molecular weight is 492 g/mol. The van der Waals surface area contributed by atoms with Crippen LogP contribution in [-0.2, 0) is 33.1 Å². The summed E-state index contributed by atoms with van der Waals surface area (Å²) in [6.07, 6.45) is 2.78. The van der Waals surface area contributed by atoms with Crippen molar-refractivity contribution in [2.45, 2.75) is 42.9 Å². The highest BCUT2D eigenvalue weighted by atomic mass is 32.2. The van der Waals surface area contributed by atoms with Crippen molar-refractivity contribution in [3.63, 3.8) is 0 Å². The third kappa shape index (κ3) is 4.23. The normalized spacial score (nSPS) is 15.9. The quantitative estimate of drug-likeness (QED) is 0.455. The van der Waals surface area contributed by atoms with Gasteiger partial charge in [0.15, 0.2) is 11.5 Å². The van der Waals surface area contributed by atoms with Crippen LogP contribution >= 0.6 is 0 Å². The van der Waals surface area contributed by atoms with E-state index in [4.69, 9.17) is 9.47 Å². The molecule has 2 aliphatic rings. The van der Waals surface area contributed by atoms with Crippen LogP contribution < -0.4 is 9.47 Å². The summed E-state index contributed by atoms with van der Waals surface area (Å²) in [5.74, 6) is 1.61. The number of ether oxygens (including phenoxy) is 2. The van der Waals surface area contributed by atoms with E-state index in [-0.39, 0.29) is 17.5 Å². The minimum atomic E-state index is -3.54. The summed E-state index contributed by atoms with van der Waals surface area (Å²) in [4.78, 5) is 13.8. The van der Waals surface area contributed by atoms with Crippen molar-refractivity contribution in [1.82, 2.24) is 4.31 Å². The number of nitrogens with zero attached hydrogens (tertiary/aromatic N) is 1. The molecule has 1 fully saturated rings. The molecule has 0 amide bonds. The van der Waals surface area contributed by atoms with E-state index >= 15 is 0 Å². The molecule has 3 aromatic carbocycles. The molecule has 182 valence electrons. The molecule has 3 aromatic rings. The zero-order valence-corrected chi connectivity index (χ0v) is 21.0. The molecule has 1 saturated carbocycles. The number of carbonyl (C=O) groups is 1. The highest BCUT2D eigenvalue weighted by molar-refractivity contribution is 7.89. The number of hydrogen-bond acceptors (Lipinski definition) is 5. The summed E-state index contributed by atoms with van der Waals surface area (Å²) in [5, 5.41) is 0. The Bertz CT molecular complexity index is 1410. The first-order valence-electron chi connectivity index (χ1n) is 11.8. The molecule has 0 radical (unpaired) electrons. The molecule has 1 heterocycles. The lowest BCUT2D eigenvalue weighted by Gasteiger charge is -2.17. The minimum Gasteiger partial charge on any atom is -0.454 e. The van der Waals surface area contributed by atoms with E-state index in [2.05, 4.69) is 6.92 Å². The van der Waals surface area contributed by atoms with Gasteiger partial charge in [0.05, 0.1) is 10.3 Å². The average Bonchev–Trinajstić information content (AvgIpc) is 3.54. The van der Waals surface area contributed by atoms with Crippen molar-refractivity contribution in [1.29, 1.82) is 0 Å². The third-order valence-electron chi connectivity index (χ3n) is 7.05. The Hall–Kier alpha value is -3.16. The van der Waals surface area contributed by atoms with Gasteiger partial charge in [-0.25, -0.2) is 12.7 Å². The molecule has 6 nitrogen and oxygen atoms in total. The number of benzene rings is 3. The molecular weight excluding hydrogens is 462 g/mol. The lowest BCUT2D eigenvalue weighted by Crippen LogP contribution is -2.22. The Morgan fingerprint density at radius 3 is 2.46 bits per heavy atom. The maximum Gasteiger partial charge on any atom is 0.242 e. The predicted molar refractivity (Wildman–Crippen MR) is 134 cm³/mol. The summed E-state index contributed by atoms with van der Waals surface area (Å²) < 4.78 is 37.5. The van der Waals surface area contributed by atoms with Crippen molar-refractivity contribution < 1.29 is 22.7 Å². The molecule has 7 heteroatoms. The van der Waals surface area contributed by atoms with Gasteiger partial charge in [-0.05, 0) is 71.3 Å². The van der Waals surface area contributed by atoms with E-state index in [1.807, 2.05) is 42.5 Å². The van der Waals surface area contributed by atoms with Gasteiger partial charge in [-0.3, -0.25) is 4.79 Å². The van der Waals surface area contributed by atoms with E-state index in [0.717, 1.165) is 52.8 Å². The molecule has 0 spiro atoms. The SMILES string of the molecule is CCc1ccc(CC(=O)C2(c3ccc4c(c3)OCO4)CC2)cc1-c1cccc(S(=O)(=O)N(C)C)c1. The fourth-order valence-electron chi connectivity index (χ4n) is 4.75. The summed E-state index contributed by atoms with van der Waals surface area (Å²) in [6, 6.07) is 18.9. The van der Waals surface area contributed by atoms with Crippen LogP contribution in [0.25, 0.3) is 11.1 Å². The highest BCUT2D eigenvalue weighted by Crippen LogP contribution is 2.51. The van der Waals surface area contributed by atoms with Crippen molar-refractivity contribution in [3.8, 4) is 22.6 Å². The molecule has 0 unspecified atom stereocenters. The molecule has 0 atom stereocenters. The standard InChI is InChI=1S/C28H29NO5S/c1-4-20-9-8-19(14-24(20)21-6-5-7-23(16-21)35(31,32)29(2)3)15-27(30)28(12-13-28)22-10-11-25-26(17-22)34-18-33-25/h5-11,14,16-17H,4,12-13,15,18H2,1-3H3. The summed E-state index contributed by atoms with van der Waals surface area (Å²) in [5.41, 5.74) is 4.34. The molecule has 5 rings (SSSR count). The Kier molecular flexibility index (Phi) is 5.93. The molecule has 0 aromatic heterocycles. The highest BCUT2D eigenvalue weighted by Gasteiger charge is 2.50. The van der Waals surface area contributed by atoms with E-state index < -0.39 is 15.4 Å². The van der Waals surface area contributed by atoms with Gasteiger partial charge < -0.3 is 9.47 Å². The minimum absolute atomic E-state index is 0.190. The maximum absolute atomic E-state index is 13.5. The van der Waals surface area contributed by atoms with E-state index in [1.165, 1.54) is 18.4 Å². The van der Waals surface area contributed by atoms with Crippen LogP contribution in [0.1, 0.15) is 36.5 Å².